The normalized spacial score (nSPS) is 13.8. The first-order chi connectivity index (χ1) is 5.77. The Morgan fingerprint density at radius 2 is 0.923 bits per heavy atom. The van der Waals surface area contributed by atoms with Crippen LogP contribution in [0.3, 0.4) is 0 Å². The Kier molecular flexibility index (Phi) is 5.02. The van der Waals surface area contributed by atoms with Crippen molar-refractivity contribution in [3.63, 3.8) is 0 Å². The predicted octanol–water partition coefficient (Wildman–Crippen LogP) is 3.72. The summed E-state index contributed by atoms with van der Waals surface area (Å²) in [6.07, 6.45) is 0. The maximum atomic E-state index is 2.60. The molecule has 0 saturated heterocycles. The van der Waals surface area contributed by atoms with Gasteiger partial charge in [-0.25, -0.2) is 0 Å². The molecule has 0 fully saturated rings. The van der Waals surface area contributed by atoms with Crippen LogP contribution < -0.4 is 0 Å². The van der Waals surface area contributed by atoms with E-state index in [1.165, 1.54) is 0 Å². The molecule has 0 spiro atoms. The Morgan fingerprint density at radius 3 is 0.923 bits per heavy atom. The summed E-state index contributed by atoms with van der Waals surface area (Å²) in [6, 6.07) is 0. The van der Waals surface area contributed by atoms with Crippen molar-refractivity contribution in [3.8, 4) is 0 Å². The molecule has 0 aromatic carbocycles. The number of hydrogen-bond acceptors (Lipinski definition) is 1. The van der Waals surface area contributed by atoms with Crippen LogP contribution in [-0.4, -0.2) is 31.4 Å². The van der Waals surface area contributed by atoms with Gasteiger partial charge >= 0.3 is 87.2 Å². The number of rotatable bonds is 4. The van der Waals surface area contributed by atoms with Crippen molar-refractivity contribution in [2.24, 2.45) is 0 Å². The summed E-state index contributed by atoms with van der Waals surface area (Å²) in [4.78, 5) is 0. The van der Waals surface area contributed by atoms with Crippen LogP contribution in [0.2, 0.25) is 14.3 Å². The molecule has 2 heteroatoms. The van der Waals surface area contributed by atoms with Crippen LogP contribution in [0, 0.1) is 0 Å². The maximum absolute atomic E-state index is 2.60. The molecule has 0 bridgehead atoms. The molecular weight excluding hydrogens is 219 g/mol. The average Bonchev–Trinajstić information content (AvgIpc) is 1.82. The van der Waals surface area contributed by atoms with Crippen molar-refractivity contribution in [3.05, 3.63) is 0 Å². The van der Waals surface area contributed by atoms with E-state index >= 15 is 0 Å². The Hall–Kier alpha value is 0.503. The van der Waals surface area contributed by atoms with Crippen molar-refractivity contribution >= 4 is 13.5 Å². The molecule has 0 N–H and O–H groups in total. The van der Waals surface area contributed by atoms with E-state index in [2.05, 4.69) is 59.5 Å². The van der Waals surface area contributed by atoms with Gasteiger partial charge in [-0.2, -0.15) is 0 Å². The van der Waals surface area contributed by atoms with E-state index in [0.29, 0.717) is 0 Å². The molecule has 1 nitrogen and oxygen atoms in total. The van der Waals surface area contributed by atoms with Crippen LogP contribution in [0.1, 0.15) is 41.5 Å². The Bertz CT molecular complexity index is 113. The van der Waals surface area contributed by atoms with E-state index in [1.807, 2.05) is 0 Å². The van der Waals surface area contributed by atoms with Gasteiger partial charge in [0.15, 0.2) is 0 Å². The molecule has 0 aromatic rings. The van der Waals surface area contributed by atoms with Crippen LogP contribution >= 0.6 is 0 Å². The van der Waals surface area contributed by atoms with Gasteiger partial charge in [-0.15, -0.1) is 0 Å². The van der Waals surface area contributed by atoms with Crippen molar-refractivity contribution in [1.29, 1.82) is 0 Å². The zero-order valence-electron chi connectivity index (χ0n) is 10.7. The average molecular weight is 246 g/mol. The molecule has 0 aliphatic rings. The molecule has 13 heavy (non-hydrogen) atoms. The van der Waals surface area contributed by atoms with Gasteiger partial charge in [0, 0.05) is 0 Å². The van der Waals surface area contributed by atoms with Crippen molar-refractivity contribution in [2.45, 2.75) is 55.8 Å². The summed E-state index contributed by atoms with van der Waals surface area (Å²) >= 11 is -1.83. The molecule has 0 heterocycles. The van der Waals surface area contributed by atoms with E-state index in [9.17, 15) is 0 Å². The second kappa shape index (κ2) is 4.83. The Labute approximate surface area is 87.5 Å². The zero-order valence-corrected chi connectivity index (χ0v) is 12.8. The van der Waals surface area contributed by atoms with E-state index in [1.54, 1.807) is 0 Å². The van der Waals surface area contributed by atoms with E-state index in [4.69, 9.17) is 0 Å². The van der Waals surface area contributed by atoms with Gasteiger partial charge in [-0.05, 0) is 0 Å². The van der Waals surface area contributed by atoms with E-state index < -0.39 is 13.5 Å². The molecule has 0 rings (SSSR count). The first-order valence-electron chi connectivity index (χ1n) is 5.45. The molecule has 0 atom stereocenters. The van der Waals surface area contributed by atoms with Crippen LogP contribution in [0.15, 0.2) is 0 Å². The summed E-state index contributed by atoms with van der Waals surface area (Å²) in [5, 5.41) is 0. The monoisotopic (exact) mass is 247 g/mol. The first-order valence-corrected chi connectivity index (χ1v) is 10.0. The topological polar surface area (TPSA) is 3.24 Å². The van der Waals surface area contributed by atoms with Gasteiger partial charge in [0.2, 0.25) is 0 Å². The number of hydrogen-bond donors (Lipinski definition) is 0. The molecular formula is C11H27GeN. The quantitative estimate of drug-likeness (QED) is 0.683. The molecule has 0 amide bonds. The molecule has 0 radical (unpaired) electrons. The molecule has 0 aliphatic heterocycles. The van der Waals surface area contributed by atoms with Crippen LogP contribution in [-0.2, 0) is 0 Å². The van der Waals surface area contributed by atoms with Gasteiger partial charge in [0.05, 0.1) is 0 Å². The number of nitrogens with zero attached hydrogens (tertiary/aromatic N) is 1. The Balaban J connectivity index is 5.06. The van der Waals surface area contributed by atoms with Gasteiger partial charge in [0.25, 0.3) is 0 Å². The fourth-order valence-corrected chi connectivity index (χ4v) is 18.4. The predicted molar refractivity (Wildman–Crippen MR) is 64.7 cm³/mol. The van der Waals surface area contributed by atoms with Gasteiger partial charge in [-0.1, -0.05) is 0 Å². The minimum atomic E-state index is -1.83. The molecule has 0 aromatic heterocycles. The Morgan fingerprint density at radius 1 is 0.692 bits per heavy atom. The fraction of sp³-hybridized carbons (Fsp3) is 1.00. The SMILES string of the molecule is C[CH](C)[Ge]([CH](C)C)([CH](C)C)[N](C)C. The third-order valence-corrected chi connectivity index (χ3v) is 18.4. The molecule has 80 valence electrons. The van der Waals surface area contributed by atoms with Gasteiger partial charge in [-0.3, -0.25) is 0 Å². The first kappa shape index (κ1) is 13.5. The summed E-state index contributed by atoms with van der Waals surface area (Å²) in [5.41, 5.74) is 0. The summed E-state index contributed by atoms with van der Waals surface area (Å²) in [7, 11) is 4.58. The fourth-order valence-electron chi connectivity index (χ4n) is 3.55. The van der Waals surface area contributed by atoms with Crippen molar-refractivity contribution in [1.82, 2.24) is 3.86 Å². The second-order valence-corrected chi connectivity index (χ2v) is 18.1. The standard InChI is InChI=1S/C11H27GeN/c1-9(2)12(10(3)4,11(5)6)13(7)8/h9-11H,1-8H3. The zero-order chi connectivity index (χ0) is 10.8. The third kappa shape index (κ3) is 2.30. The molecule has 0 saturated carbocycles. The van der Waals surface area contributed by atoms with Crippen molar-refractivity contribution in [2.75, 3.05) is 14.1 Å². The third-order valence-electron chi connectivity index (χ3n) is 3.55. The van der Waals surface area contributed by atoms with Crippen molar-refractivity contribution < 1.29 is 0 Å². The second-order valence-electron chi connectivity index (χ2n) is 5.25. The van der Waals surface area contributed by atoms with Crippen LogP contribution in [0.5, 0.6) is 0 Å². The summed E-state index contributed by atoms with van der Waals surface area (Å²) in [6.45, 7) is 14.5. The van der Waals surface area contributed by atoms with Gasteiger partial charge in [0.1, 0.15) is 0 Å². The molecule has 0 aliphatic carbocycles. The van der Waals surface area contributed by atoms with Crippen LogP contribution in [0.25, 0.3) is 0 Å². The van der Waals surface area contributed by atoms with Gasteiger partial charge < -0.3 is 0 Å². The molecule has 0 unspecified atom stereocenters. The van der Waals surface area contributed by atoms with Crippen LogP contribution in [0.4, 0.5) is 0 Å². The summed E-state index contributed by atoms with van der Waals surface area (Å²) in [5.74, 6) is 0. The van der Waals surface area contributed by atoms with E-state index in [-0.39, 0.29) is 0 Å². The summed E-state index contributed by atoms with van der Waals surface area (Å²) < 4.78 is 5.25. The van der Waals surface area contributed by atoms with E-state index in [0.717, 1.165) is 14.3 Å². The minimum absolute atomic E-state index is 0.884.